The summed E-state index contributed by atoms with van der Waals surface area (Å²) in [6.07, 6.45) is 6.75. The van der Waals surface area contributed by atoms with Crippen LogP contribution in [0.15, 0.2) is 6.07 Å². The predicted octanol–water partition coefficient (Wildman–Crippen LogP) is 2.75. The zero-order valence-electron chi connectivity index (χ0n) is 14.5. The molecule has 0 radical (unpaired) electrons. The van der Waals surface area contributed by atoms with Crippen LogP contribution in [0.5, 0.6) is 0 Å². The predicted molar refractivity (Wildman–Crippen MR) is 91.5 cm³/mol. The zero-order chi connectivity index (χ0) is 16.6. The maximum atomic E-state index is 12.5. The Balaban J connectivity index is 1.70. The van der Waals surface area contributed by atoms with Crippen molar-refractivity contribution < 1.29 is 14.3 Å². The van der Waals surface area contributed by atoms with E-state index in [4.69, 9.17) is 14.5 Å². The number of carbonyl (C=O) groups is 1. The number of esters is 1. The number of pyridine rings is 1. The van der Waals surface area contributed by atoms with Gasteiger partial charge in [-0.3, -0.25) is 0 Å². The molecule has 24 heavy (non-hydrogen) atoms. The summed E-state index contributed by atoms with van der Waals surface area (Å²) in [5.41, 5.74) is 3.26. The van der Waals surface area contributed by atoms with E-state index in [2.05, 4.69) is 4.90 Å². The summed E-state index contributed by atoms with van der Waals surface area (Å²) in [6, 6.07) is 1.96. The smallest absolute Gasteiger partial charge is 0.338 e. The average molecular weight is 330 g/mol. The second-order valence-corrected chi connectivity index (χ2v) is 7.31. The molecule has 5 heteroatoms. The number of hydrogen-bond acceptors (Lipinski definition) is 5. The second kappa shape index (κ2) is 6.36. The molecular formula is C19H26N2O3. The second-order valence-electron chi connectivity index (χ2n) is 7.31. The lowest BCUT2D eigenvalue weighted by Crippen LogP contribution is -2.37. The van der Waals surface area contributed by atoms with Gasteiger partial charge in [0.05, 0.1) is 25.4 Å². The molecule has 1 saturated heterocycles. The van der Waals surface area contributed by atoms with Gasteiger partial charge < -0.3 is 14.4 Å². The lowest BCUT2D eigenvalue weighted by molar-refractivity contribution is 0.0524. The molecule has 3 heterocycles. The Bertz CT molecular complexity index is 640. The molecule has 130 valence electrons. The van der Waals surface area contributed by atoms with Crippen molar-refractivity contribution in [2.45, 2.75) is 45.4 Å². The highest BCUT2D eigenvalue weighted by Gasteiger charge is 2.45. The van der Waals surface area contributed by atoms with Crippen LogP contribution in [0, 0.1) is 5.41 Å². The van der Waals surface area contributed by atoms with Crippen LogP contribution in [0.3, 0.4) is 0 Å². The summed E-state index contributed by atoms with van der Waals surface area (Å²) in [5, 5.41) is 0. The maximum Gasteiger partial charge on any atom is 0.338 e. The lowest BCUT2D eigenvalue weighted by atomic mass is 9.94. The third-order valence-electron chi connectivity index (χ3n) is 5.61. The molecule has 0 N–H and O–H groups in total. The zero-order valence-corrected chi connectivity index (χ0v) is 14.5. The first-order valence-electron chi connectivity index (χ1n) is 9.23. The first kappa shape index (κ1) is 15.9. The molecule has 0 unspecified atom stereocenters. The molecule has 0 atom stereocenters. The average Bonchev–Trinajstić information content (AvgIpc) is 3.37. The van der Waals surface area contributed by atoms with Gasteiger partial charge in [0.1, 0.15) is 5.82 Å². The third-order valence-corrected chi connectivity index (χ3v) is 5.61. The molecule has 1 aliphatic carbocycles. The Labute approximate surface area is 143 Å². The van der Waals surface area contributed by atoms with Crippen LogP contribution in [-0.2, 0) is 22.3 Å². The van der Waals surface area contributed by atoms with Crippen LogP contribution in [0.25, 0.3) is 0 Å². The van der Waals surface area contributed by atoms with E-state index in [0.29, 0.717) is 30.8 Å². The van der Waals surface area contributed by atoms with Crippen molar-refractivity contribution in [3.8, 4) is 0 Å². The minimum absolute atomic E-state index is 0.225. The first-order valence-corrected chi connectivity index (χ1v) is 9.23. The van der Waals surface area contributed by atoms with Gasteiger partial charge in [0.15, 0.2) is 0 Å². The summed E-state index contributed by atoms with van der Waals surface area (Å²) in [4.78, 5) is 19.8. The first-order chi connectivity index (χ1) is 11.7. The fourth-order valence-corrected chi connectivity index (χ4v) is 4.08. The number of anilines is 1. The highest BCUT2D eigenvalue weighted by atomic mass is 16.5. The van der Waals surface area contributed by atoms with E-state index in [1.165, 1.54) is 25.7 Å². The van der Waals surface area contributed by atoms with E-state index in [9.17, 15) is 4.79 Å². The van der Waals surface area contributed by atoms with Gasteiger partial charge in [-0.25, -0.2) is 9.78 Å². The highest BCUT2D eigenvalue weighted by molar-refractivity contribution is 5.92. The summed E-state index contributed by atoms with van der Waals surface area (Å²) in [6.45, 7) is 5.69. The largest absolute Gasteiger partial charge is 0.462 e. The number of carbonyl (C=O) groups excluding carboxylic acids is 1. The molecule has 0 aromatic carbocycles. The van der Waals surface area contributed by atoms with Crippen molar-refractivity contribution in [2.24, 2.45) is 5.41 Å². The molecule has 3 aliphatic rings. The Hall–Kier alpha value is -1.62. The van der Waals surface area contributed by atoms with Crippen molar-refractivity contribution >= 4 is 11.8 Å². The highest BCUT2D eigenvalue weighted by Crippen LogP contribution is 2.52. The SMILES string of the molecule is CCOC(=O)c1cc(N2CCCC3(CC3)C2)nc2c1CCOCC2. The van der Waals surface area contributed by atoms with Crippen molar-refractivity contribution in [1.29, 1.82) is 0 Å². The van der Waals surface area contributed by atoms with Crippen LogP contribution in [-0.4, -0.2) is 43.9 Å². The van der Waals surface area contributed by atoms with Crippen LogP contribution in [0.1, 0.15) is 54.2 Å². The minimum atomic E-state index is -0.225. The van der Waals surface area contributed by atoms with Gasteiger partial charge in [0, 0.05) is 25.2 Å². The molecule has 1 aromatic rings. The van der Waals surface area contributed by atoms with E-state index in [1.807, 2.05) is 13.0 Å². The molecule has 2 fully saturated rings. The summed E-state index contributed by atoms with van der Waals surface area (Å²) in [5.74, 6) is 0.724. The van der Waals surface area contributed by atoms with Crippen LogP contribution in [0.2, 0.25) is 0 Å². The van der Waals surface area contributed by atoms with Crippen LogP contribution < -0.4 is 4.90 Å². The topological polar surface area (TPSA) is 51.7 Å². The number of hydrogen-bond donors (Lipinski definition) is 0. The molecule has 0 bridgehead atoms. The molecule has 5 nitrogen and oxygen atoms in total. The molecule has 4 rings (SSSR count). The van der Waals surface area contributed by atoms with Crippen molar-refractivity contribution in [1.82, 2.24) is 4.98 Å². The number of ether oxygens (including phenoxy) is 2. The van der Waals surface area contributed by atoms with Gasteiger partial charge in [0.2, 0.25) is 0 Å². The Kier molecular flexibility index (Phi) is 4.21. The Morgan fingerprint density at radius 2 is 2.17 bits per heavy atom. The monoisotopic (exact) mass is 330 g/mol. The van der Waals surface area contributed by atoms with Gasteiger partial charge in [0.25, 0.3) is 0 Å². The van der Waals surface area contributed by atoms with Gasteiger partial charge in [-0.1, -0.05) is 0 Å². The van der Waals surface area contributed by atoms with E-state index < -0.39 is 0 Å². The molecule has 0 amide bonds. The molecular weight excluding hydrogens is 304 g/mol. The van der Waals surface area contributed by atoms with Gasteiger partial charge in [-0.05, 0) is 56.1 Å². The summed E-state index contributed by atoms with van der Waals surface area (Å²) >= 11 is 0. The summed E-state index contributed by atoms with van der Waals surface area (Å²) < 4.78 is 10.9. The van der Waals surface area contributed by atoms with E-state index in [-0.39, 0.29) is 5.97 Å². The summed E-state index contributed by atoms with van der Waals surface area (Å²) in [7, 11) is 0. The van der Waals surface area contributed by atoms with Crippen molar-refractivity contribution in [3.63, 3.8) is 0 Å². The quantitative estimate of drug-likeness (QED) is 0.798. The van der Waals surface area contributed by atoms with E-state index >= 15 is 0 Å². The van der Waals surface area contributed by atoms with Crippen LogP contribution >= 0.6 is 0 Å². The van der Waals surface area contributed by atoms with Gasteiger partial charge >= 0.3 is 5.97 Å². The number of piperidine rings is 1. The number of aromatic nitrogens is 1. The van der Waals surface area contributed by atoms with E-state index in [0.717, 1.165) is 43.0 Å². The molecule has 1 saturated carbocycles. The standard InChI is InChI=1S/C19H26N2O3/c1-2-24-18(22)15-12-17(20-16-5-11-23-10-4-14(15)16)21-9-3-6-19(13-21)7-8-19/h12H,2-11,13H2,1H3. The lowest BCUT2D eigenvalue weighted by Gasteiger charge is -2.34. The van der Waals surface area contributed by atoms with E-state index in [1.54, 1.807) is 0 Å². The van der Waals surface area contributed by atoms with Crippen molar-refractivity contribution in [3.05, 3.63) is 22.9 Å². The fourth-order valence-electron chi connectivity index (χ4n) is 4.08. The van der Waals surface area contributed by atoms with Gasteiger partial charge in [-0.2, -0.15) is 0 Å². The maximum absolute atomic E-state index is 12.5. The normalized spacial score (nSPS) is 22.0. The number of rotatable bonds is 3. The number of nitrogens with zero attached hydrogens (tertiary/aromatic N) is 2. The Morgan fingerprint density at radius 3 is 2.96 bits per heavy atom. The number of fused-ring (bicyclic) bond motifs is 1. The van der Waals surface area contributed by atoms with Crippen LogP contribution in [0.4, 0.5) is 5.82 Å². The molecule has 2 aliphatic heterocycles. The van der Waals surface area contributed by atoms with Crippen molar-refractivity contribution in [2.75, 3.05) is 37.8 Å². The van der Waals surface area contributed by atoms with Gasteiger partial charge in [-0.15, -0.1) is 0 Å². The third kappa shape index (κ3) is 3.02. The molecule has 1 aromatic heterocycles. The minimum Gasteiger partial charge on any atom is -0.462 e. The fraction of sp³-hybridized carbons (Fsp3) is 0.684. The Morgan fingerprint density at radius 1 is 1.33 bits per heavy atom. The molecule has 1 spiro atoms.